The van der Waals surface area contributed by atoms with Crippen molar-refractivity contribution >= 4 is 68.8 Å². The van der Waals surface area contributed by atoms with E-state index in [-0.39, 0.29) is 31.6 Å². The van der Waals surface area contributed by atoms with Crippen molar-refractivity contribution in [3.63, 3.8) is 0 Å². The summed E-state index contributed by atoms with van der Waals surface area (Å²) in [6, 6.07) is 35.6. The number of aliphatic hydroxyl groups is 1. The van der Waals surface area contributed by atoms with Gasteiger partial charge in [-0.2, -0.15) is 0 Å². The molecule has 0 unspecified atom stereocenters. The summed E-state index contributed by atoms with van der Waals surface area (Å²) in [4.78, 5) is 14.6. The average Bonchev–Trinajstić information content (AvgIpc) is 3.51. The molecule has 0 spiro atoms. The largest absolute Gasteiger partial charge is 0.512 e. The Morgan fingerprint density at radius 1 is 0.825 bits per heavy atom. The van der Waals surface area contributed by atoms with Gasteiger partial charge in [-0.1, -0.05) is 42.5 Å². The molecule has 7 rings (SSSR count). The third kappa shape index (κ3) is 5.36. The van der Waals surface area contributed by atoms with Gasteiger partial charge in [0, 0.05) is 78.3 Å². The Hall–Kier alpha value is -3.67. The molecule has 0 saturated carbocycles. The zero-order valence-electron chi connectivity index (χ0n) is 21.8. The van der Waals surface area contributed by atoms with Crippen LogP contribution in [0.25, 0.3) is 62.7 Å². The summed E-state index contributed by atoms with van der Waals surface area (Å²) in [7, 11) is 0. The molecule has 0 aliphatic heterocycles. The summed E-state index contributed by atoms with van der Waals surface area (Å²) < 4.78 is 5.35. The number of aromatic nitrogens is 1. The maximum atomic E-state index is 10.0. The Labute approximate surface area is 253 Å². The van der Waals surface area contributed by atoms with Crippen LogP contribution in [0, 0.1) is 6.07 Å². The molecule has 6 heteroatoms. The van der Waals surface area contributed by atoms with Gasteiger partial charge in [0.1, 0.15) is 0 Å². The zero-order valence-corrected chi connectivity index (χ0v) is 25.8. The van der Waals surface area contributed by atoms with E-state index in [2.05, 4.69) is 83.8 Å². The first kappa shape index (κ1) is 27.9. The molecule has 7 aromatic rings. The summed E-state index contributed by atoms with van der Waals surface area (Å²) in [5.41, 5.74) is 4.45. The van der Waals surface area contributed by atoms with E-state index in [4.69, 9.17) is 5.11 Å². The molecule has 0 amide bonds. The molecular weight excluding hydrogens is 711 g/mol. The van der Waals surface area contributed by atoms with Gasteiger partial charge < -0.3 is 10.1 Å². The van der Waals surface area contributed by atoms with Crippen molar-refractivity contribution in [3.8, 4) is 22.4 Å². The maximum absolute atomic E-state index is 10.0. The van der Waals surface area contributed by atoms with Crippen LogP contribution in [-0.4, -0.2) is 15.9 Å². The minimum Gasteiger partial charge on any atom is -0.512 e. The van der Waals surface area contributed by atoms with Crippen molar-refractivity contribution in [2.24, 2.45) is 0 Å². The van der Waals surface area contributed by atoms with E-state index in [1.54, 1.807) is 0 Å². The van der Waals surface area contributed by atoms with Crippen LogP contribution < -0.4 is 0 Å². The molecule has 0 fully saturated rings. The molecule has 4 aromatic carbocycles. The molecule has 0 aliphatic carbocycles. The van der Waals surface area contributed by atoms with Gasteiger partial charge in [0.05, 0.1) is 5.76 Å². The molecule has 0 atom stereocenters. The van der Waals surface area contributed by atoms with Gasteiger partial charge in [0.15, 0.2) is 5.78 Å². The smallest absolute Gasteiger partial charge is 0.155 e. The molecule has 40 heavy (non-hydrogen) atoms. The van der Waals surface area contributed by atoms with E-state index in [1.165, 1.54) is 71.4 Å². The molecule has 3 nitrogen and oxygen atoms in total. The van der Waals surface area contributed by atoms with Gasteiger partial charge in [0.25, 0.3) is 0 Å². The number of hydrogen-bond acceptors (Lipinski definition) is 5. The quantitative estimate of drug-likeness (QED) is 0.112. The summed E-state index contributed by atoms with van der Waals surface area (Å²) >= 11 is 3.77. The first-order chi connectivity index (χ1) is 19.0. The van der Waals surface area contributed by atoms with Crippen molar-refractivity contribution < 1.29 is 30.0 Å². The maximum Gasteiger partial charge on any atom is 0.155 e. The summed E-state index contributed by atoms with van der Waals surface area (Å²) in [6.45, 7) is 2.85. The van der Waals surface area contributed by atoms with E-state index in [1.807, 2.05) is 47.1 Å². The second-order valence-electron chi connectivity index (χ2n) is 9.30. The molecule has 3 heterocycles. The fourth-order valence-electron chi connectivity index (χ4n) is 4.91. The molecule has 0 saturated heterocycles. The zero-order chi connectivity index (χ0) is 26.9. The van der Waals surface area contributed by atoms with Crippen LogP contribution in [0.1, 0.15) is 13.8 Å². The number of nitrogens with zero attached hydrogens (tertiary/aromatic N) is 1. The Morgan fingerprint density at radius 3 is 2.15 bits per heavy atom. The number of fused-ring (bicyclic) bond motifs is 7. The van der Waals surface area contributed by atoms with Crippen LogP contribution >= 0.6 is 22.7 Å². The fraction of sp³-hybridized carbons (Fsp3) is 0.0588. The first-order valence-electron chi connectivity index (χ1n) is 12.6. The minimum absolute atomic E-state index is 0. The van der Waals surface area contributed by atoms with Gasteiger partial charge in [-0.05, 0) is 49.4 Å². The van der Waals surface area contributed by atoms with Crippen LogP contribution in [0.3, 0.4) is 0 Å². The number of thiophene rings is 2. The van der Waals surface area contributed by atoms with E-state index >= 15 is 0 Å². The van der Waals surface area contributed by atoms with Crippen LogP contribution in [0.5, 0.6) is 0 Å². The van der Waals surface area contributed by atoms with Crippen molar-refractivity contribution in [2.75, 3.05) is 0 Å². The monoisotopic (exact) mass is 735 g/mol. The first-order valence-corrected chi connectivity index (χ1v) is 14.2. The number of carbonyl (C=O) groups is 1. The van der Waals surface area contributed by atoms with E-state index < -0.39 is 0 Å². The van der Waals surface area contributed by atoms with Crippen molar-refractivity contribution in [2.45, 2.75) is 13.8 Å². The van der Waals surface area contributed by atoms with Gasteiger partial charge in [0.2, 0.25) is 0 Å². The fourth-order valence-corrected chi connectivity index (χ4v) is 7.31. The van der Waals surface area contributed by atoms with Crippen molar-refractivity contribution in [3.05, 3.63) is 115 Å². The van der Waals surface area contributed by atoms with Gasteiger partial charge in [-0.25, -0.2) is 0 Å². The Kier molecular flexibility index (Phi) is 8.24. The standard InChI is InChI=1S/C29H16NS2.C5H8O2.Ir/c1-2-8-18(9-3-1)23-16-19(14-15-30-23)22-17-26-27(20-10-4-6-12-24(20)31-26)28-21-11-5-7-13-25(21)32-29(22)28;1-4(6)3-5(2)7;/h1-8,10-17H;3,6H,1-2H3;/q-1;;/b;4-3-;. The van der Waals surface area contributed by atoms with Gasteiger partial charge in [-0.15, -0.1) is 58.6 Å². The Balaban J connectivity index is 0.000000362. The number of carbonyl (C=O) groups excluding carboxylic acids is 1. The number of allylic oxidation sites excluding steroid dienone is 2. The summed E-state index contributed by atoms with van der Waals surface area (Å²) in [5, 5.41) is 13.8. The molecule has 199 valence electrons. The number of pyridine rings is 1. The third-order valence-electron chi connectivity index (χ3n) is 6.46. The Bertz CT molecular complexity index is 2020. The van der Waals surface area contributed by atoms with Gasteiger partial charge in [-0.3, -0.25) is 4.79 Å². The number of rotatable bonds is 3. The van der Waals surface area contributed by atoms with Crippen LogP contribution in [0.2, 0.25) is 0 Å². The SMILES string of the molecule is CC(=O)/C=C(/C)O.[Ir].[c-]1ccccc1-c1cc(-c2cc3sc4ccccc4c3c3c2sc2ccccc23)ccn1. The minimum atomic E-state index is -0.125. The predicted octanol–water partition coefficient (Wildman–Crippen LogP) is 9.99. The van der Waals surface area contributed by atoms with Crippen LogP contribution in [0.4, 0.5) is 0 Å². The molecule has 0 aliphatic rings. The number of hydrogen-bond donors (Lipinski definition) is 1. The Morgan fingerprint density at radius 2 is 1.50 bits per heavy atom. The molecule has 1 N–H and O–H groups in total. The topological polar surface area (TPSA) is 50.2 Å². The van der Waals surface area contributed by atoms with Crippen LogP contribution in [0.15, 0.2) is 109 Å². The second-order valence-corrected chi connectivity index (χ2v) is 11.4. The van der Waals surface area contributed by atoms with E-state index in [9.17, 15) is 4.79 Å². The van der Waals surface area contributed by atoms with Crippen LogP contribution in [-0.2, 0) is 24.9 Å². The average molecular weight is 735 g/mol. The number of benzene rings is 4. The van der Waals surface area contributed by atoms with Crippen molar-refractivity contribution in [1.29, 1.82) is 0 Å². The molecule has 1 radical (unpaired) electrons. The van der Waals surface area contributed by atoms with Crippen molar-refractivity contribution in [1.82, 2.24) is 4.98 Å². The second kappa shape index (κ2) is 11.8. The third-order valence-corrected chi connectivity index (χ3v) is 8.78. The molecule has 0 bridgehead atoms. The summed E-state index contributed by atoms with van der Waals surface area (Å²) in [5.74, 6) is -0.0625. The normalized spacial score (nSPS) is 11.4. The van der Waals surface area contributed by atoms with E-state index in [0.717, 1.165) is 11.3 Å². The molecule has 3 aromatic heterocycles. The predicted molar refractivity (Wildman–Crippen MR) is 167 cm³/mol. The summed E-state index contributed by atoms with van der Waals surface area (Å²) in [6.07, 6.45) is 3.08. The van der Waals surface area contributed by atoms with E-state index in [0.29, 0.717) is 0 Å². The number of aliphatic hydroxyl groups excluding tert-OH is 1. The van der Waals surface area contributed by atoms with Gasteiger partial charge >= 0.3 is 0 Å². The number of ketones is 1. The molecular formula is C34H24IrNO2S2-.